The molecule has 0 atom stereocenters. The average molecular weight is 291 g/mol. The van der Waals surface area contributed by atoms with Gasteiger partial charge in [-0.2, -0.15) is 0 Å². The van der Waals surface area contributed by atoms with Crippen molar-refractivity contribution < 1.29 is 0 Å². The van der Waals surface area contributed by atoms with Crippen molar-refractivity contribution in [3.8, 4) is 0 Å². The minimum absolute atomic E-state index is 0.517. The molecule has 0 bridgehead atoms. The van der Waals surface area contributed by atoms with Crippen molar-refractivity contribution in [2.75, 3.05) is 5.32 Å². The van der Waals surface area contributed by atoms with Gasteiger partial charge in [-0.1, -0.05) is 24.6 Å². The molecule has 4 nitrogen and oxygen atoms in total. The Kier molecular flexibility index (Phi) is 4.90. The molecule has 1 N–H and O–H groups in total. The van der Waals surface area contributed by atoms with Gasteiger partial charge in [0.15, 0.2) is 0 Å². The fraction of sp³-hybridized carbons (Fsp3) is 0.400. The molecule has 0 saturated heterocycles. The largest absolute Gasteiger partial charge is 0.364 e. The summed E-state index contributed by atoms with van der Waals surface area (Å²) in [5.41, 5.74) is 3.05. The molecule has 0 saturated carbocycles. The van der Waals surface area contributed by atoms with Crippen LogP contribution in [0.2, 0.25) is 5.15 Å². The molecule has 106 valence electrons. The second-order valence-electron chi connectivity index (χ2n) is 4.77. The molecule has 0 aliphatic heterocycles. The summed E-state index contributed by atoms with van der Waals surface area (Å²) in [5.74, 6) is 1.57. The van der Waals surface area contributed by atoms with Crippen LogP contribution in [0.1, 0.15) is 36.0 Å². The number of nitrogens with zero attached hydrogens (tertiary/aromatic N) is 3. The maximum atomic E-state index is 6.16. The number of pyridine rings is 1. The van der Waals surface area contributed by atoms with Gasteiger partial charge in [0.1, 0.15) is 16.8 Å². The molecule has 20 heavy (non-hydrogen) atoms. The minimum atomic E-state index is 0.517. The number of halogens is 1. The SMILES string of the molecule is CCCc1nc(Cl)c(C)c(NCc2ncccc2C)n1. The number of hydrogen-bond acceptors (Lipinski definition) is 4. The van der Waals surface area contributed by atoms with Crippen LogP contribution in [0.25, 0.3) is 0 Å². The zero-order chi connectivity index (χ0) is 14.5. The Morgan fingerprint density at radius 1 is 1.25 bits per heavy atom. The van der Waals surface area contributed by atoms with Gasteiger partial charge in [0, 0.05) is 18.2 Å². The quantitative estimate of drug-likeness (QED) is 0.853. The van der Waals surface area contributed by atoms with Gasteiger partial charge in [-0.05, 0) is 31.9 Å². The fourth-order valence-electron chi connectivity index (χ4n) is 1.91. The van der Waals surface area contributed by atoms with Gasteiger partial charge >= 0.3 is 0 Å². The Bertz CT molecular complexity index is 598. The van der Waals surface area contributed by atoms with E-state index in [9.17, 15) is 0 Å². The number of anilines is 1. The number of hydrogen-bond donors (Lipinski definition) is 1. The summed E-state index contributed by atoms with van der Waals surface area (Å²) < 4.78 is 0. The van der Waals surface area contributed by atoms with Crippen LogP contribution in [0.15, 0.2) is 18.3 Å². The molecule has 5 heteroatoms. The first-order valence-corrected chi connectivity index (χ1v) is 7.17. The Balaban J connectivity index is 2.18. The van der Waals surface area contributed by atoms with Crippen molar-refractivity contribution in [2.45, 2.75) is 40.2 Å². The third kappa shape index (κ3) is 3.45. The van der Waals surface area contributed by atoms with E-state index in [2.05, 4.69) is 27.2 Å². The summed E-state index contributed by atoms with van der Waals surface area (Å²) in [6, 6.07) is 3.98. The van der Waals surface area contributed by atoms with Crippen molar-refractivity contribution in [3.05, 3.63) is 46.1 Å². The topological polar surface area (TPSA) is 50.7 Å². The van der Waals surface area contributed by atoms with Crippen molar-refractivity contribution >= 4 is 17.4 Å². The molecule has 0 aliphatic carbocycles. The predicted molar refractivity (Wildman–Crippen MR) is 82.1 cm³/mol. The second-order valence-corrected chi connectivity index (χ2v) is 5.13. The van der Waals surface area contributed by atoms with Gasteiger partial charge in [0.05, 0.1) is 12.2 Å². The van der Waals surface area contributed by atoms with Crippen LogP contribution in [-0.4, -0.2) is 15.0 Å². The molecular weight excluding hydrogens is 272 g/mol. The highest BCUT2D eigenvalue weighted by atomic mass is 35.5. The van der Waals surface area contributed by atoms with E-state index in [0.717, 1.165) is 41.3 Å². The summed E-state index contributed by atoms with van der Waals surface area (Å²) in [6.45, 7) is 6.70. The van der Waals surface area contributed by atoms with Gasteiger partial charge in [-0.25, -0.2) is 9.97 Å². The Labute approximate surface area is 124 Å². The van der Waals surface area contributed by atoms with Crippen molar-refractivity contribution in [2.24, 2.45) is 0 Å². The third-order valence-electron chi connectivity index (χ3n) is 3.15. The Morgan fingerprint density at radius 2 is 2.05 bits per heavy atom. The van der Waals surface area contributed by atoms with E-state index in [1.165, 1.54) is 0 Å². The van der Waals surface area contributed by atoms with E-state index < -0.39 is 0 Å². The maximum Gasteiger partial charge on any atom is 0.137 e. The number of nitrogens with one attached hydrogen (secondary N) is 1. The second kappa shape index (κ2) is 6.66. The standard InChI is InChI=1S/C15H19ClN4/c1-4-6-13-19-14(16)11(3)15(20-13)18-9-12-10(2)7-5-8-17-12/h5,7-8H,4,6,9H2,1-3H3,(H,18,19,20). The lowest BCUT2D eigenvalue weighted by Gasteiger charge is -2.12. The van der Waals surface area contributed by atoms with E-state index in [1.807, 2.05) is 26.0 Å². The number of aromatic nitrogens is 3. The summed E-state index contributed by atoms with van der Waals surface area (Å²) in [6.07, 6.45) is 3.63. The van der Waals surface area contributed by atoms with Crippen LogP contribution < -0.4 is 5.32 Å². The van der Waals surface area contributed by atoms with Gasteiger partial charge < -0.3 is 5.32 Å². The molecule has 0 spiro atoms. The van der Waals surface area contributed by atoms with Gasteiger partial charge in [0.25, 0.3) is 0 Å². The lowest BCUT2D eigenvalue weighted by molar-refractivity contribution is 0.829. The van der Waals surface area contributed by atoms with Crippen molar-refractivity contribution in [1.82, 2.24) is 15.0 Å². The normalized spacial score (nSPS) is 10.6. The van der Waals surface area contributed by atoms with Gasteiger partial charge in [0.2, 0.25) is 0 Å². The molecule has 0 radical (unpaired) electrons. The zero-order valence-electron chi connectivity index (χ0n) is 12.1. The Hall–Kier alpha value is -1.68. The monoisotopic (exact) mass is 290 g/mol. The van der Waals surface area contributed by atoms with Crippen LogP contribution in [-0.2, 0) is 13.0 Å². The lowest BCUT2D eigenvalue weighted by atomic mass is 10.2. The van der Waals surface area contributed by atoms with Crippen LogP contribution in [0, 0.1) is 13.8 Å². The van der Waals surface area contributed by atoms with Crippen LogP contribution >= 0.6 is 11.6 Å². The van der Waals surface area contributed by atoms with Gasteiger partial charge in [-0.15, -0.1) is 0 Å². The highest BCUT2D eigenvalue weighted by Crippen LogP contribution is 2.21. The molecular formula is C15H19ClN4. The zero-order valence-corrected chi connectivity index (χ0v) is 12.8. The summed E-state index contributed by atoms with van der Waals surface area (Å²) in [5, 5.41) is 3.83. The van der Waals surface area contributed by atoms with E-state index >= 15 is 0 Å². The van der Waals surface area contributed by atoms with Crippen LogP contribution in [0.3, 0.4) is 0 Å². The first-order valence-electron chi connectivity index (χ1n) is 6.79. The molecule has 0 unspecified atom stereocenters. The third-order valence-corrected chi connectivity index (χ3v) is 3.52. The van der Waals surface area contributed by atoms with E-state index in [1.54, 1.807) is 6.20 Å². The smallest absolute Gasteiger partial charge is 0.137 e. The number of rotatable bonds is 5. The highest BCUT2D eigenvalue weighted by Gasteiger charge is 2.09. The Morgan fingerprint density at radius 3 is 2.75 bits per heavy atom. The molecule has 2 rings (SSSR count). The molecule has 0 amide bonds. The summed E-state index contributed by atoms with van der Waals surface area (Å²) in [7, 11) is 0. The molecule has 0 fully saturated rings. The molecule has 0 aliphatic rings. The highest BCUT2D eigenvalue weighted by molar-refractivity contribution is 6.30. The minimum Gasteiger partial charge on any atom is -0.364 e. The first-order chi connectivity index (χ1) is 9.61. The van der Waals surface area contributed by atoms with E-state index in [0.29, 0.717) is 11.7 Å². The average Bonchev–Trinajstić information content (AvgIpc) is 2.43. The van der Waals surface area contributed by atoms with Crippen LogP contribution in [0.4, 0.5) is 5.82 Å². The number of aryl methyl sites for hydroxylation is 2. The molecule has 2 aromatic rings. The summed E-state index contributed by atoms with van der Waals surface area (Å²) >= 11 is 6.16. The molecule has 2 heterocycles. The first kappa shape index (κ1) is 14.7. The van der Waals surface area contributed by atoms with Crippen molar-refractivity contribution in [1.29, 1.82) is 0 Å². The lowest BCUT2D eigenvalue weighted by Crippen LogP contribution is -2.09. The summed E-state index contributed by atoms with van der Waals surface area (Å²) in [4.78, 5) is 13.2. The van der Waals surface area contributed by atoms with E-state index in [-0.39, 0.29) is 0 Å². The predicted octanol–water partition coefficient (Wildman–Crippen LogP) is 3.71. The van der Waals surface area contributed by atoms with E-state index in [4.69, 9.17) is 11.6 Å². The molecule has 2 aromatic heterocycles. The fourth-order valence-corrected chi connectivity index (χ4v) is 2.10. The van der Waals surface area contributed by atoms with Crippen LogP contribution in [0.5, 0.6) is 0 Å². The van der Waals surface area contributed by atoms with Crippen molar-refractivity contribution in [3.63, 3.8) is 0 Å². The molecule has 0 aromatic carbocycles. The van der Waals surface area contributed by atoms with Gasteiger partial charge in [-0.3, -0.25) is 4.98 Å². The maximum absolute atomic E-state index is 6.16.